The number of methoxy groups -OCH3 is 1. The molecule has 2 aromatic carbocycles. The first-order chi connectivity index (χ1) is 12.9. The number of carbonyl (C=O) groups is 2. The van der Waals surface area contributed by atoms with E-state index in [0.29, 0.717) is 17.0 Å². The van der Waals surface area contributed by atoms with E-state index in [1.807, 2.05) is 0 Å². The second-order valence-corrected chi connectivity index (χ2v) is 5.59. The molecule has 0 aliphatic rings. The number of anilines is 1. The average Bonchev–Trinajstić information content (AvgIpc) is 2.66. The van der Waals surface area contributed by atoms with Gasteiger partial charge in [0, 0.05) is 17.8 Å². The first kappa shape index (κ1) is 19.9. The van der Waals surface area contributed by atoms with Crippen LogP contribution in [0.25, 0.3) is 6.08 Å². The Morgan fingerprint density at radius 3 is 2.56 bits per heavy atom. The minimum atomic E-state index is -0.766. The molecule has 0 atom stereocenters. The van der Waals surface area contributed by atoms with Crippen molar-refractivity contribution in [2.45, 2.75) is 0 Å². The molecule has 2 rings (SSSR count). The van der Waals surface area contributed by atoms with E-state index in [2.05, 4.69) is 5.32 Å². The van der Waals surface area contributed by atoms with Crippen molar-refractivity contribution in [3.63, 3.8) is 0 Å². The highest BCUT2D eigenvalue weighted by atomic mass is 35.5. The van der Waals surface area contributed by atoms with E-state index in [1.165, 1.54) is 31.4 Å². The van der Waals surface area contributed by atoms with Gasteiger partial charge in [0.05, 0.1) is 12.0 Å². The number of esters is 1. The molecule has 1 N–H and O–H groups in total. The molecule has 0 heterocycles. The van der Waals surface area contributed by atoms with Crippen molar-refractivity contribution >= 4 is 40.9 Å². The third kappa shape index (κ3) is 6.12. The molecule has 0 aliphatic carbocycles. The standard InChI is InChI=1S/C18H15ClN2O6/c1-26-14-6-4-13(5-7-14)20-17(22)11-27-18(23)9-3-12-2-8-15(19)16(10-12)21(24)25/h2-10H,11H2,1H3,(H,20,22)/b9-3+. The maximum Gasteiger partial charge on any atom is 0.331 e. The van der Waals surface area contributed by atoms with Crippen LogP contribution in [-0.2, 0) is 14.3 Å². The summed E-state index contributed by atoms with van der Waals surface area (Å²) in [7, 11) is 1.53. The van der Waals surface area contributed by atoms with Crippen molar-refractivity contribution < 1.29 is 24.0 Å². The van der Waals surface area contributed by atoms with E-state index >= 15 is 0 Å². The molecule has 2 aromatic rings. The van der Waals surface area contributed by atoms with Gasteiger partial charge in [-0.05, 0) is 42.0 Å². The number of hydrogen-bond acceptors (Lipinski definition) is 6. The molecule has 0 bridgehead atoms. The average molecular weight is 391 g/mol. The van der Waals surface area contributed by atoms with E-state index in [1.54, 1.807) is 24.3 Å². The Bertz CT molecular complexity index is 880. The summed E-state index contributed by atoms with van der Waals surface area (Å²) in [6.45, 7) is -0.476. The maximum atomic E-state index is 11.8. The predicted molar refractivity (Wildman–Crippen MR) is 99.7 cm³/mol. The largest absolute Gasteiger partial charge is 0.497 e. The maximum absolute atomic E-state index is 11.8. The fraction of sp³-hybridized carbons (Fsp3) is 0.111. The van der Waals surface area contributed by atoms with E-state index < -0.39 is 23.4 Å². The van der Waals surface area contributed by atoms with Gasteiger partial charge in [0.25, 0.3) is 11.6 Å². The second kappa shape index (κ2) is 9.35. The van der Waals surface area contributed by atoms with Crippen LogP contribution < -0.4 is 10.1 Å². The summed E-state index contributed by atoms with van der Waals surface area (Å²) in [4.78, 5) is 33.7. The van der Waals surface area contributed by atoms with Gasteiger partial charge in [-0.3, -0.25) is 14.9 Å². The third-order valence-electron chi connectivity index (χ3n) is 3.30. The molecule has 0 saturated heterocycles. The number of hydrogen-bond donors (Lipinski definition) is 1. The van der Waals surface area contributed by atoms with E-state index in [9.17, 15) is 19.7 Å². The highest BCUT2D eigenvalue weighted by molar-refractivity contribution is 6.32. The lowest BCUT2D eigenvalue weighted by atomic mass is 10.2. The predicted octanol–water partition coefficient (Wildman–Crippen LogP) is 3.45. The number of amides is 1. The van der Waals surface area contributed by atoms with Crippen molar-refractivity contribution in [2.75, 3.05) is 19.0 Å². The van der Waals surface area contributed by atoms with Crippen molar-refractivity contribution in [3.8, 4) is 5.75 Å². The number of benzene rings is 2. The Labute approximate surface area is 159 Å². The van der Waals surface area contributed by atoms with Crippen LogP contribution in [0, 0.1) is 10.1 Å². The number of nitrogens with zero attached hydrogens (tertiary/aromatic N) is 1. The number of carbonyl (C=O) groups excluding carboxylic acids is 2. The number of nitro groups is 1. The molecule has 0 aromatic heterocycles. The molecule has 0 spiro atoms. The fourth-order valence-corrected chi connectivity index (χ4v) is 2.18. The molecule has 0 unspecified atom stereocenters. The Balaban J connectivity index is 1.86. The fourth-order valence-electron chi connectivity index (χ4n) is 1.99. The first-order valence-electron chi connectivity index (χ1n) is 7.61. The third-order valence-corrected chi connectivity index (χ3v) is 3.62. The molecule has 0 saturated carbocycles. The van der Waals surface area contributed by atoms with Gasteiger partial charge < -0.3 is 14.8 Å². The number of nitro benzene ring substituents is 1. The monoisotopic (exact) mass is 390 g/mol. The summed E-state index contributed by atoms with van der Waals surface area (Å²) in [6.07, 6.45) is 2.39. The van der Waals surface area contributed by atoms with Crippen LogP contribution in [0.1, 0.15) is 5.56 Å². The highest BCUT2D eigenvalue weighted by Crippen LogP contribution is 2.25. The van der Waals surface area contributed by atoms with Gasteiger partial charge >= 0.3 is 5.97 Å². The smallest absolute Gasteiger partial charge is 0.331 e. The zero-order valence-corrected chi connectivity index (χ0v) is 14.9. The molecule has 8 nitrogen and oxygen atoms in total. The van der Waals surface area contributed by atoms with E-state index in [-0.39, 0.29) is 10.7 Å². The molecule has 9 heteroatoms. The lowest BCUT2D eigenvalue weighted by Gasteiger charge is -2.06. The van der Waals surface area contributed by atoms with E-state index in [0.717, 1.165) is 6.08 Å². The van der Waals surface area contributed by atoms with Crippen LogP contribution in [0.5, 0.6) is 5.75 Å². The minimum absolute atomic E-state index is 0.00469. The van der Waals surface area contributed by atoms with Crippen molar-refractivity contribution in [2.24, 2.45) is 0 Å². The number of halogens is 1. The quantitative estimate of drug-likeness (QED) is 0.336. The van der Waals surface area contributed by atoms with Crippen molar-refractivity contribution in [1.82, 2.24) is 0 Å². The molecule has 27 heavy (non-hydrogen) atoms. The lowest BCUT2D eigenvalue weighted by molar-refractivity contribution is -0.384. The summed E-state index contributed by atoms with van der Waals surface area (Å²) in [6, 6.07) is 10.7. The van der Waals surface area contributed by atoms with Gasteiger partial charge in [0.1, 0.15) is 10.8 Å². The second-order valence-electron chi connectivity index (χ2n) is 5.19. The van der Waals surface area contributed by atoms with Crippen molar-refractivity contribution in [3.05, 3.63) is 69.2 Å². The topological polar surface area (TPSA) is 108 Å². The first-order valence-corrected chi connectivity index (χ1v) is 7.99. The molecule has 140 valence electrons. The van der Waals surface area contributed by atoms with Crippen LogP contribution >= 0.6 is 11.6 Å². The van der Waals surface area contributed by atoms with Gasteiger partial charge in [0.2, 0.25) is 0 Å². The number of nitrogens with one attached hydrogen (secondary N) is 1. The molecular formula is C18H15ClN2O6. The van der Waals surface area contributed by atoms with Crippen LogP contribution in [0.3, 0.4) is 0 Å². The summed E-state index contributed by atoms with van der Waals surface area (Å²) >= 11 is 5.71. The van der Waals surface area contributed by atoms with E-state index in [4.69, 9.17) is 21.1 Å². The molecule has 0 fully saturated rings. The normalized spacial score (nSPS) is 10.4. The zero-order chi connectivity index (χ0) is 19.8. The van der Waals surface area contributed by atoms with Gasteiger partial charge in [-0.2, -0.15) is 0 Å². The van der Waals surface area contributed by atoms with Crippen LogP contribution in [0.4, 0.5) is 11.4 Å². The molecule has 0 aliphatic heterocycles. The summed E-state index contributed by atoms with van der Waals surface area (Å²) in [5.74, 6) is -0.631. The van der Waals surface area contributed by atoms with Crippen LogP contribution in [0.15, 0.2) is 48.5 Å². The van der Waals surface area contributed by atoms with Crippen LogP contribution in [-0.4, -0.2) is 30.5 Å². The van der Waals surface area contributed by atoms with Crippen LogP contribution in [0.2, 0.25) is 5.02 Å². The molecular weight excluding hydrogens is 376 g/mol. The van der Waals surface area contributed by atoms with Gasteiger partial charge in [-0.15, -0.1) is 0 Å². The Hall–Kier alpha value is -3.39. The summed E-state index contributed by atoms with van der Waals surface area (Å²) in [5.41, 5.74) is 0.651. The number of rotatable bonds is 7. The Morgan fingerprint density at radius 2 is 1.93 bits per heavy atom. The zero-order valence-electron chi connectivity index (χ0n) is 14.2. The van der Waals surface area contributed by atoms with Gasteiger partial charge in [-0.1, -0.05) is 17.7 Å². The lowest BCUT2D eigenvalue weighted by Crippen LogP contribution is -2.20. The number of ether oxygens (including phenoxy) is 2. The van der Waals surface area contributed by atoms with Gasteiger partial charge in [-0.25, -0.2) is 4.79 Å². The molecule has 0 radical (unpaired) electrons. The van der Waals surface area contributed by atoms with Gasteiger partial charge in [0.15, 0.2) is 6.61 Å². The summed E-state index contributed by atoms with van der Waals surface area (Å²) < 4.78 is 9.83. The summed E-state index contributed by atoms with van der Waals surface area (Å²) in [5, 5.41) is 13.4. The Morgan fingerprint density at radius 1 is 1.22 bits per heavy atom. The van der Waals surface area contributed by atoms with Crippen molar-refractivity contribution in [1.29, 1.82) is 0 Å². The Kier molecular flexibility index (Phi) is 6.90. The molecule has 1 amide bonds. The minimum Gasteiger partial charge on any atom is -0.497 e. The highest BCUT2D eigenvalue weighted by Gasteiger charge is 2.12. The SMILES string of the molecule is COc1ccc(NC(=O)COC(=O)/C=C/c2ccc(Cl)c([N+](=O)[O-])c2)cc1.